The molecule has 1 heterocycles. The fourth-order valence-electron chi connectivity index (χ4n) is 2.02. The maximum atomic E-state index is 12.9. The molecule has 1 atom stereocenters. The van der Waals surface area contributed by atoms with E-state index in [1.54, 1.807) is 6.92 Å². The maximum absolute atomic E-state index is 12.9. The maximum Gasteiger partial charge on any atom is 0.243 e. The van der Waals surface area contributed by atoms with Crippen molar-refractivity contribution in [2.24, 2.45) is 0 Å². The van der Waals surface area contributed by atoms with E-state index in [2.05, 4.69) is 15.0 Å². The molecule has 0 bridgehead atoms. The van der Waals surface area contributed by atoms with E-state index in [4.69, 9.17) is 11.6 Å². The third kappa shape index (κ3) is 4.34. The van der Waals surface area contributed by atoms with E-state index in [0.29, 0.717) is 11.4 Å². The van der Waals surface area contributed by atoms with Crippen LogP contribution >= 0.6 is 11.6 Å². The van der Waals surface area contributed by atoms with Gasteiger partial charge in [-0.25, -0.2) is 8.42 Å². The van der Waals surface area contributed by atoms with Crippen molar-refractivity contribution < 1.29 is 17.7 Å². The van der Waals surface area contributed by atoms with Gasteiger partial charge in [0.05, 0.1) is 11.4 Å². The van der Waals surface area contributed by atoms with Crippen LogP contribution in [0.2, 0.25) is 5.02 Å². The number of rotatable bonds is 7. The van der Waals surface area contributed by atoms with Crippen molar-refractivity contribution in [2.75, 3.05) is 11.9 Å². The first kappa shape index (κ1) is 18.4. The van der Waals surface area contributed by atoms with E-state index >= 15 is 0 Å². The monoisotopic (exact) mass is 371 g/mol. The summed E-state index contributed by atoms with van der Waals surface area (Å²) in [6, 6.07) is 6.95. The molecule has 130 valence electrons. The Kier molecular flexibility index (Phi) is 5.98. The van der Waals surface area contributed by atoms with Crippen molar-refractivity contribution in [2.45, 2.75) is 31.2 Å². The van der Waals surface area contributed by atoms with Gasteiger partial charge < -0.3 is 9.84 Å². The summed E-state index contributed by atoms with van der Waals surface area (Å²) >= 11 is 5.81. The van der Waals surface area contributed by atoms with Gasteiger partial charge in [-0.2, -0.15) is 4.31 Å². The van der Waals surface area contributed by atoms with Crippen LogP contribution in [-0.4, -0.2) is 36.4 Å². The Labute approximate surface area is 145 Å². The summed E-state index contributed by atoms with van der Waals surface area (Å²) in [6.07, 6.45) is 1.87. The smallest absolute Gasteiger partial charge is 0.243 e. The normalized spacial score (nSPS) is 13.0. The molecule has 0 radical (unpaired) electrons. The number of carbonyl (C=O) groups is 1. The Bertz CT molecular complexity index is 776. The quantitative estimate of drug-likeness (QED) is 0.807. The van der Waals surface area contributed by atoms with Crippen LogP contribution in [0.3, 0.4) is 0 Å². The van der Waals surface area contributed by atoms with Crippen molar-refractivity contribution >= 4 is 33.3 Å². The number of halogens is 1. The third-order valence-corrected chi connectivity index (χ3v) is 5.73. The highest BCUT2D eigenvalue weighted by molar-refractivity contribution is 7.89. The topological polar surface area (TPSA) is 92.5 Å². The summed E-state index contributed by atoms with van der Waals surface area (Å²) in [5.41, 5.74) is 0. The number of nitrogens with zero attached hydrogens (tertiary/aromatic N) is 2. The van der Waals surface area contributed by atoms with Crippen LogP contribution in [0.15, 0.2) is 46.0 Å². The second kappa shape index (κ2) is 7.78. The van der Waals surface area contributed by atoms with E-state index in [9.17, 15) is 13.2 Å². The number of nitrogens with one attached hydrogen (secondary N) is 1. The number of anilines is 1. The zero-order chi connectivity index (χ0) is 17.7. The third-order valence-electron chi connectivity index (χ3n) is 3.51. The van der Waals surface area contributed by atoms with Crippen LogP contribution in [0.1, 0.15) is 20.3 Å². The molecule has 24 heavy (non-hydrogen) atoms. The van der Waals surface area contributed by atoms with Gasteiger partial charge in [-0.15, -0.1) is 0 Å². The molecule has 1 N–H and O–H groups in total. The molecular weight excluding hydrogens is 354 g/mol. The standard InChI is InChI=1S/C15H18ClN3O4S/c1-3-11(2)19(10-15(20)17-14-8-9-23-18-14)24(21,22)13-6-4-12(16)5-7-13/h4-9,11H,3,10H2,1-2H3,(H,17,18,20). The highest BCUT2D eigenvalue weighted by Gasteiger charge is 2.30. The highest BCUT2D eigenvalue weighted by atomic mass is 35.5. The van der Waals surface area contributed by atoms with Crippen LogP contribution in [0.25, 0.3) is 0 Å². The molecular formula is C15H18ClN3O4S. The second-order valence-electron chi connectivity index (χ2n) is 5.19. The molecule has 9 heteroatoms. The molecule has 1 amide bonds. The molecule has 0 fully saturated rings. The number of sulfonamides is 1. The molecule has 0 spiro atoms. The van der Waals surface area contributed by atoms with Crippen LogP contribution < -0.4 is 5.32 Å². The van der Waals surface area contributed by atoms with E-state index in [1.807, 2.05) is 6.92 Å². The van der Waals surface area contributed by atoms with E-state index in [-0.39, 0.29) is 23.3 Å². The molecule has 1 unspecified atom stereocenters. The lowest BCUT2D eigenvalue weighted by Gasteiger charge is -2.27. The number of hydrogen-bond acceptors (Lipinski definition) is 5. The van der Waals surface area contributed by atoms with Gasteiger partial charge in [-0.05, 0) is 37.6 Å². The van der Waals surface area contributed by atoms with Gasteiger partial charge in [0.2, 0.25) is 15.9 Å². The summed E-state index contributed by atoms with van der Waals surface area (Å²) in [4.78, 5) is 12.2. The molecule has 1 aromatic heterocycles. The predicted molar refractivity (Wildman–Crippen MR) is 90.2 cm³/mol. The first-order valence-electron chi connectivity index (χ1n) is 7.32. The summed E-state index contributed by atoms with van der Waals surface area (Å²) in [5, 5.41) is 6.50. The summed E-state index contributed by atoms with van der Waals surface area (Å²) in [6.45, 7) is 3.27. The number of hydrogen-bond donors (Lipinski definition) is 1. The van der Waals surface area contributed by atoms with Gasteiger partial charge in [0.25, 0.3) is 0 Å². The van der Waals surface area contributed by atoms with E-state index in [0.717, 1.165) is 4.31 Å². The number of carbonyl (C=O) groups excluding carboxylic acids is 1. The fraction of sp³-hybridized carbons (Fsp3) is 0.333. The molecule has 0 saturated heterocycles. The Morgan fingerprint density at radius 1 is 1.33 bits per heavy atom. The SMILES string of the molecule is CCC(C)N(CC(=O)Nc1ccon1)S(=O)(=O)c1ccc(Cl)cc1. The Hall–Kier alpha value is -1.90. The minimum Gasteiger partial charge on any atom is -0.363 e. The molecule has 7 nitrogen and oxygen atoms in total. The molecule has 1 aromatic carbocycles. The van der Waals surface area contributed by atoms with E-state index < -0.39 is 15.9 Å². The first-order valence-corrected chi connectivity index (χ1v) is 9.14. The van der Waals surface area contributed by atoms with Crippen molar-refractivity contribution in [3.63, 3.8) is 0 Å². The van der Waals surface area contributed by atoms with Gasteiger partial charge in [-0.3, -0.25) is 4.79 Å². The zero-order valence-corrected chi connectivity index (χ0v) is 14.8. The molecule has 0 aliphatic carbocycles. The van der Waals surface area contributed by atoms with Crippen molar-refractivity contribution in [1.29, 1.82) is 0 Å². The average molecular weight is 372 g/mol. The van der Waals surface area contributed by atoms with Crippen LogP contribution in [0.4, 0.5) is 5.82 Å². The average Bonchev–Trinajstić information content (AvgIpc) is 3.05. The summed E-state index contributed by atoms with van der Waals surface area (Å²) < 4.78 is 31.5. The first-order chi connectivity index (χ1) is 11.3. The molecule has 2 rings (SSSR count). The number of benzene rings is 1. The fourth-order valence-corrected chi connectivity index (χ4v) is 3.81. The van der Waals surface area contributed by atoms with Gasteiger partial charge >= 0.3 is 0 Å². The number of amides is 1. The molecule has 0 saturated carbocycles. The van der Waals surface area contributed by atoms with E-state index in [1.165, 1.54) is 36.6 Å². The minimum absolute atomic E-state index is 0.0847. The Morgan fingerprint density at radius 2 is 2.00 bits per heavy atom. The lowest BCUT2D eigenvalue weighted by atomic mass is 10.2. The molecule has 0 aliphatic rings. The molecule has 2 aromatic rings. The van der Waals surface area contributed by atoms with Crippen molar-refractivity contribution in [1.82, 2.24) is 9.46 Å². The Morgan fingerprint density at radius 3 is 2.54 bits per heavy atom. The van der Waals surface area contributed by atoms with Gasteiger partial charge in [0.15, 0.2) is 5.82 Å². The van der Waals surface area contributed by atoms with Gasteiger partial charge in [-0.1, -0.05) is 23.7 Å². The van der Waals surface area contributed by atoms with Gasteiger partial charge in [0, 0.05) is 17.1 Å². The van der Waals surface area contributed by atoms with Crippen LogP contribution in [0, 0.1) is 0 Å². The van der Waals surface area contributed by atoms with Crippen LogP contribution in [0.5, 0.6) is 0 Å². The summed E-state index contributed by atoms with van der Waals surface area (Å²) in [5.74, 6) is -0.269. The number of aromatic nitrogens is 1. The van der Waals surface area contributed by atoms with Gasteiger partial charge in [0.1, 0.15) is 6.26 Å². The lowest BCUT2D eigenvalue weighted by molar-refractivity contribution is -0.116. The van der Waals surface area contributed by atoms with Crippen molar-refractivity contribution in [3.8, 4) is 0 Å². The largest absolute Gasteiger partial charge is 0.363 e. The van der Waals surface area contributed by atoms with Crippen LogP contribution in [-0.2, 0) is 14.8 Å². The minimum atomic E-state index is -3.83. The predicted octanol–water partition coefficient (Wildman–Crippen LogP) is 2.76. The Balaban J connectivity index is 2.24. The highest BCUT2D eigenvalue weighted by Crippen LogP contribution is 2.21. The summed E-state index contributed by atoms with van der Waals surface area (Å²) in [7, 11) is -3.83. The van der Waals surface area contributed by atoms with Crippen molar-refractivity contribution in [3.05, 3.63) is 41.6 Å². The zero-order valence-electron chi connectivity index (χ0n) is 13.3. The lowest BCUT2D eigenvalue weighted by Crippen LogP contribution is -2.43. The molecule has 0 aliphatic heterocycles. The second-order valence-corrected chi connectivity index (χ2v) is 7.52.